The SMILES string of the molecule is CC(C)(C)c1ccc(-c2[c-]cccc2)nc1.[Ir].[c-]1ccc2oc3cccc4c5cccnc5c1c2c34. The zero-order chi connectivity index (χ0) is 24.0. The van der Waals surface area contributed by atoms with Crippen molar-refractivity contribution in [2.75, 3.05) is 0 Å². The monoisotopic (exact) mass is 645 g/mol. The molecule has 0 aliphatic rings. The van der Waals surface area contributed by atoms with Crippen molar-refractivity contribution in [1.82, 2.24) is 9.97 Å². The van der Waals surface area contributed by atoms with E-state index >= 15 is 0 Å². The molecular formula is C32H24IrN2O-2. The standard InChI is InChI=1S/C17H8NO.C15H16N.Ir/c1-4-10-11-6-3-9-18-17(11)12-5-2-8-14-16(12)15(10)13(7-1)19-14;1-15(2,3)13-9-10-14(16-11-13)12-7-5-4-6-8-12;/h1-4,6-9H;4-7,9-11H,1-3H3;/q2*-1;. The first-order valence-corrected chi connectivity index (χ1v) is 11.8. The minimum Gasteiger partial charge on any atom is -0.476 e. The molecule has 3 aromatic heterocycles. The molecule has 1 radical (unpaired) electrons. The van der Waals surface area contributed by atoms with Crippen LogP contribution in [0.2, 0.25) is 0 Å². The molecule has 0 spiro atoms. The fourth-order valence-electron chi connectivity index (χ4n) is 4.59. The van der Waals surface area contributed by atoms with Gasteiger partial charge in [0.2, 0.25) is 0 Å². The summed E-state index contributed by atoms with van der Waals surface area (Å²) in [7, 11) is 0. The Bertz CT molecular complexity index is 1680. The number of nitrogens with zero attached hydrogens (tertiary/aromatic N) is 2. The number of fused-ring (bicyclic) bond motifs is 3. The van der Waals surface area contributed by atoms with Gasteiger partial charge in [-0.1, -0.05) is 62.6 Å². The van der Waals surface area contributed by atoms with Crippen LogP contribution in [0.3, 0.4) is 0 Å². The van der Waals surface area contributed by atoms with Crippen LogP contribution >= 0.6 is 0 Å². The van der Waals surface area contributed by atoms with Crippen LogP contribution in [0.5, 0.6) is 0 Å². The van der Waals surface area contributed by atoms with E-state index in [2.05, 4.69) is 67.1 Å². The second kappa shape index (κ2) is 9.46. The molecule has 0 amide bonds. The van der Waals surface area contributed by atoms with Crippen molar-refractivity contribution >= 4 is 43.6 Å². The van der Waals surface area contributed by atoms with Gasteiger partial charge in [0.05, 0.1) is 5.58 Å². The molecule has 0 saturated heterocycles. The van der Waals surface area contributed by atoms with Crippen molar-refractivity contribution in [3.63, 3.8) is 0 Å². The van der Waals surface area contributed by atoms with E-state index in [0.717, 1.165) is 44.1 Å². The van der Waals surface area contributed by atoms with Crippen molar-refractivity contribution in [3.8, 4) is 11.3 Å². The normalized spacial score (nSPS) is 11.5. The molecule has 3 heterocycles. The molecule has 7 rings (SSSR count). The second-order valence-corrected chi connectivity index (χ2v) is 9.73. The maximum absolute atomic E-state index is 5.94. The smallest absolute Gasteiger partial charge is 0.124 e. The van der Waals surface area contributed by atoms with E-state index < -0.39 is 0 Å². The van der Waals surface area contributed by atoms with E-state index in [1.165, 1.54) is 16.3 Å². The predicted octanol–water partition coefficient (Wildman–Crippen LogP) is 8.37. The molecule has 179 valence electrons. The van der Waals surface area contributed by atoms with E-state index in [1.54, 1.807) is 0 Å². The summed E-state index contributed by atoms with van der Waals surface area (Å²) < 4.78 is 5.94. The summed E-state index contributed by atoms with van der Waals surface area (Å²) in [4.78, 5) is 9.02. The summed E-state index contributed by atoms with van der Waals surface area (Å²) in [6.45, 7) is 6.58. The van der Waals surface area contributed by atoms with Gasteiger partial charge in [-0.3, -0.25) is 0 Å². The zero-order valence-corrected chi connectivity index (χ0v) is 22.7. The third-order valence-corrected chi connectivity index (χ3v) is 6.40. The first-order valence-electron chi connectivity index (χ1n) is 11.8. The molecule has 0 unspecified atom stereocenters. The topological polar surface area (TPSA) is 38.9 Å². The number of hydrogen-bond donors (Lipinski definition) is 0. The summed E-state index contributed by atoms with van der Waals surface area (Å²) in [5.41, 5.74) is 6.28. The average Bonchev–Trinajstić information content (AvgIpc) is 3.28. The molecule has 0 N–H and O–H groups in total. The van der Waals surface area contributed by atoms with E-state index in [0.29, 0.717) is 0 Å². The van der Waals surface area contributed by atoms with Gasteiger partial charge < -0.3 is 14.4 Å². The van der Waals surface area contributed by atoms with Crippen LogP contribution in [0.4, 0.5) is 0 Å². The minimum atomic E-state index is 0. The van der Waals surface area contributed by atoms with Gasteiger partial charge in [-0.2, -0.15) is 0 Å². The molecule has 4 heteroatoms. The van der Waals surface area contributed by atoms with Gasteiger partial charge in [0, 0.05) is 32.5 Å². The average molecular weight is 645 g/mol. The Morgan fingerprint density at radius 1 is 0.722 bits per heavy atom. The largest absolute Gasteiger partial charge is 0.476 e. The van der Waals surface area contributed by atoms with Gasteiger partial charge >= 0.3 is 0 Å². The van der Waals surface area contributed by atoms with E-state index in [4.69, 9.17) is 4.42 Å². The number of benzene rings is 4. The van der Waals surface area contributed by atoms with Crippen LogP contribution in [0, 0.1) is 12.1 Å². The van der Waals surface area contributed by atoms with Crippen LogP contribution in [0.25, 0.3) is 54.9 Å². The third kappa shape index (κ3) is 4.17. The molecule has 3 nitrogen and oxygen atoms in total. The quantitative estimate of drug-likeness (QED) is 0.133. The van der Waals surface area contributed by atoms with Crippen LogP contribution in [-0.2, 0) is 25.5 Å². The van der Waals surface area contributed by atoms with Crippen molar-refractivity contribution in [2.45, 2.75) is 26.2 Å². The first-order chi connectivity index (χ1) is 17.0. The van der Waals surface area contributed by atoms with Crippen molar-refractivity contribution in [3.05, 3.63) is 109 Å². The summed E-state index contributed by atoms with van der Waals surface area (Å²) in [6, 6.07) is 32.8. The van der Waals surface area contributed by atoms with Crippen molar-refractivity contribution < 1.29 is 24.5 Å². The molecule has 0 aliphatic carbocycles. The predicted molar refractivity (Wildman–Crippen MR) is 144 cm³/mol. The molecule has 0 aliphatic heterocycles. The van der Waals surface area contributed by atoms with E-state index in [-0.39, 0.29) is 25.5 Å². The second-order valence-electron chi connectivity index (χ2n) is 9.73. The Kier molecular flexibility index (Phi) is 6.34. The number of hydrogen-bond acceptors (Lipinski definition) is 3. The van der Waals surface area contributed by atoms with E-state index in [1.807, 2.05) is 67.0 Å². The molecule has 0 atom stereocenters. The number of furan rings is 1. The molecule has 36 heavy (non-hydrogen) atoms. The van der Waals surface area contributed by atoms with Crippen molar-refractivity contribution in [1.29, 1.82) is 0 Å². The van der Waals surface area contributed by atoms with Gasteiger partial charge in [0.1, 0.15) is 5.58 Å². The van der Waals surface area contributed by atoms with Gasteiger partial charge in [-0.15, -0.1) is 53.4 Å². The molecule has 4 aromatic carbocycles. The first kappa shape index (κ1) is 24.1. The fourth-order valence-corrected chi connectivity index (χ4v) is 4.59. The number of pyridine rings is 2. The maximum atomic E-state index is 5.94. The van der Waals surface area contributed by atoms with Crippen LogP contribution in [0.15, 0.2) is 95.7 Å². The van der Waals surface area contributed by atoms with Crippen molar-refractivity contribution in [2.24, 2.45) is 0 Å². The molecule has 0 saturated carbocycles. The fraction of sp³-hybridized carbons (Fsp3) is 0.125. The zero-order valence-electron chi connectivity index (χ0n) is 20.3. The van der Waals surface area contributed by atoms with Gasteiger partial charge in [-0.25, -0.2) is 0 Å². The van der Waals surface area contributed by atoms with Gasteiger partial charge in [0.25, 0.3) is 0 Å². The Labute approximate surface area is 223 Å². The maximum Gasteiger partial charge on any atom is 0.124 e. The summed E-state index contributed by atoms with van der Waals surface area (Å²) >= 11 is 0. The number of aromatic nitrogens is 2. The molecular weight excluding hydrogens is 621 g/mol. The van der Waals surface area contributed by atoms with Crippen LogP contribution in [0.1, 0.15) is 26.3 Å². The third-order valence-electron chi connectivity index (χ3n) is 6.40. The Balaban J connectivity index is 0.000000147. The Morgan fingerprint density at radius 2 is 1.56 bits per heavy atom. The molecule has 0 fully saturated rings. The minimum absolute atomic E-state index is 0. The number of rotatable bonds is 1. The molecule has 7 aromatic rings. The Morgan fingerprint density at radius 3 is 2.31 bits per heavy atom. The van der Waals surface area contributed by atoms with Gasteiger partial charge in [-0.05, 0) is 50.5 Å². The van der Waals surface area contributed by atoms with Gasteiger partial charge in [0.15, 0.2) is 0 Å². The summed E-state index contributed by atoms with van der Waals surface area (Å²) in [5.74, 6) is 0. The van der Waals surface area contributed by atoms with E-state index in [9.17, 15) is 0 Å². The van der Waals surface area contributed by atoms with Crippen LogP contribution < -0.4 is 0 Å². The summed E-state index contributed by atoms with van der Waals surface area (Å²) in [5, 5.41) is 5.73. The van der Waals surface area contributed by atoms with Crippen LogP contribution in [-0.4, -0.2) is 9.97 Å². The Hall–Kier alpha value is -3.59. The molecule has 0 bridgehead atoms. The summed E-state index contributed by atoms with van der Waals surface area (Å²) in [6.07, 6.45) is 3.78.